The van der Waals surface area contributed by atoms with E-state index in [1.165, 1.54) is 38.5 Å². The van der Waals surface area contributed by atoms with Crippen LogP contribution in [0.4, 0.5) is 0 Å². The second kappa shape index (κ2) is 10.4. The standard InChI is InChI=1S/C39H65NO6/c1-23-19-24(20-34(5,6)43)45-30-29(23)36(9)15-16-39-22-38(39)14-13-27(46-28-21-40(17-18-44-28)32(42)33(2,3)4)35(7,8)25(38)11-12-26(39)37(36,10)31(30)41/h23-31,41,43H,11-22H2,1-10H3/t23-,24?,25+,26?,27+,28+,29+,30?,31+,36-,37-,38-,39?/m1/s1. The summed E-state index contributed by atoms with van der Waals surface area (Å²) in [6.07, 6.45) is 9.03. The maximum atomic E-state index is 13.1. The zero-order chi connectivity index (χ0) is 33.5. The van der Waals surface area contributed by atoms with Crippen molar-refractivity contribution in [1.82, 2.24) is 4.90 Å². The Hall–Kier alpha value is -0.730. The van der Waals surface area contributed by atoms with E-state index >= 15 is 0 Å². The van der Waals surface area contributed by atoms with E-state index in [9.17, 15) is 15.0 Å². The second-order valence-electron chi connectivity index (χ2n) is 20.1. The van der Waals surface area contributed by atoms with Crippen molar-refractivity contribution >= 4 is 5.91 Å². The van der Waals surface area contributed by atoms with Gasteiger partial charge in [-0.3, -0.25) is 4.79 Å². The van der Waals surface area contributed by atoms with Crippen LogP contribution in [0.15, 0.2) is 0 Å². The number of amides is 1. The molecule has 7 nitrogen and oxygen atoms in total. The number of aliphatic hydroxyl groups is 2. The van der Waals surface area contributed by atoms with Gasteiger partial charge in [0.2, 0.25) is 5.91 Å². The zero-order valence-corrected chi connectivity index (χ0v) is 30.7. The molecule has 262 valence electrons. The fourth-order valence-electron chi connectivity index (χ4n) is 13.9. The highest BCUT2D eigenvalue weighted by Crippen LogP contribution is 2.89. The molecule has 7 heteroatoms. The maximum Gasteiger partial charge on any atom is 0.228 e. The van der Waals surface area contributed by atoms with E-state index < -0.39 is 17.1 Å². The van der Waals surface area contributed by atoms with Crippen molar-refractivity contribution < 1.29 is 29.2 Å². The third-order valence-corrected chi connectivity index (χ3v) is 15.8. The average molecular weight is 644 g/mol. The van der Waals surface area contributed by atoms with Crippen LogP contribution in [0.3, 0.4) is 0 Å². The highest BCUT2D eigenvalue weighted by molar-refractivity contribution is 5.81. The normalized spacial score (nSPS) is 51.3. The Morgan fingerprint density at radius 1 is 0.978 bits per heavy atom. The Balaban J connectivity index is 1.10. The molecule has 13 atom stereocenters. The van der Waals surface area contributed by atoms with E-state index in [1.54, 1.807) is 0 Å². The van der Waals surface area contributed by atoms with Crippen LogP contribution in [-0.2, 0) is 19.0 Å². The molecule has 7 aliphatic rings. The molecule has 5 aliphatic carbocycles. The van der Waals surface area contributed by atoms with Gasteiger partial charge in [0.15, 0.2) is 6.29 Å². The molecule has 0 aromatic heterocycles. The smallest absolute Gasteiger partial charge is 0.228 e. The first-order valence-electron chi connectivity index (χ1n) is 18.8. The molecule has 2 spiro atoms. The maximum absolute atomic E-state index is 13.1. The zero-order valence-electron chi connectivity index (χ0n) is 30.7. The van der Waals surface area contributed by atoms with Gasteiger partial charge in [-0.2, -0.15) is 0 Å². The lowest BCUT2D eigenvalue weighted by Gasteiger charge is -2.64. The van der Waals surface area contributed by atoms with Crippen LogP contribution in [0.5, 0.6) is 0 Å². The quantitative estimate of drug-likeness (QED) is 0.360. The lowest BCUT2D eigenvalue weighted by Crippen LogP contribution is -2.60. The van der Waals surface area contributed by atoms with Crippen molar-refractivity contribution in [1.29, 1.82) is 0 Å². The predicted octanol–water partition coefficient (Wildman–Crippen LogP) is 6.58. The van der Waals surface area contributed by atoms with E-state index in [2.05, 4.69) is 34.6 Å². The van der Waals surface area contributed by atoms with Gasteiger partial charge in [0.05, 0.1) is 43.2 Å². The largest absolute Gasteiger partial charge is 0.390 e. The van der Waals surface area contributed by atoms with E-state index in [-0.39, 0.29) is 46.8 Å². The van der Waals surface area contributed by atoms with Crippen molar-refractivity contribution in [2.24, 2.45) is 56.2 Å². The molecule has 0 bridgehead atoms. The van der Waals surface area contributed by atoms with Crippen LogP contribution >= 0.6 is 0 Å². The Kier molecular flexibility index (Phi) is 7.63. The van der Waals surface area contributed by atoms with Gasteiger partial charge in [-0.05, 0) is 111 Å². The predicted molar refractivity (Wildman–Crippen MR) is 178 cm³/mol. The van der Waals surface area contributed by atoms with Gasteiger partial charge in [-0.15, -0.1) is 0 Å². The fourth-order valence-corrected chi connectivity index (χ4v) is 13.9. The first-order valence-corrected chi connectivity index (χ1v) is 18.8. The monoisotopic (exact) mass is 643 g/mol. The lowest BCUT2D eigenvalue weighted by atomic mass is 9.41. The molecule has 46 heavy (non-hydrogen) atoms. The minimum atomic E-state index is -0.772. The number of hydrogen-bond donors (Lipinski definition) is 2. The van der Waals surface area contributed by atoms with Crippen LogP contribution in [0.1, 0.15) is 127 Å². The summed E-state index contributed by atoms with van der Waals surface area (Å²) < 4.78 is 19.8. The number of fused-ring (bicyclic) bond motifs is 4. The number of ether oxygens (including phenoxy) is 3. The van der Waals surface area contributed by atoms with Crippen molar-refractivity contribution in [2.45, 2.75) is 163 Å². The lowest BCUT2D eigenvalue weighted by molar-refractivity contribution is -0.248. The molecular formula is C39H65NO6. The van der Waals surface area contributed by atoms with Crippen molar-refractivity contribution in [3.05, 3.63) is 0 Å². The van der Waals surface area contributed by atoms with Gasteiger partial charge in [-0.1, -0.05) is 55.4 Å². The summed E-state index contributed by atoms with van der Waals surface area (Å²) in [4.78, 5) is 15.0. The number of morpholine rings is 1. The molecule has 2 N–H and O–H groups in total. The fraction of sp³-hybridized carbons (Fsp3) is 0.974. The molecule has 0 aromatic carbocycles. The molecule has 7 rings (SSSR count). The van der Waals surface area contributed by atoms with E-state index in [0.717, 1.165) is 12.8 Å². The Morgan fingerprint density at radius 2 is 1.65 bits per heavy atom. The van der Waals surface area contributed by atoms with Crippen LogP contribution in [0.2, 0.25) is 0 Å². The molecule has 2 heterocycles. The summed E-state index contributed by atoms with van der Waals surface area (Å²) in [5.41, 5.74) is -0.666. The summed E-state index contributed by atoms with van der Waals surface area (Å²) >= 11 is 0. The van der Waals surface area contributed by atoms with Crippen LogP contribution in [-0.4, -0.2) is 77.0 Å². The first kappa shape index (κ1) is 33.8. The summed E-state index contributed by atoms with van der Waals surface area (Å²) in [6.45, 7) is 23.6. The number of aliphatic hydroxyl groups excluding tert-OH is 1. The van der Waals surface area contributed by atoms with E-state index in [0.29, 0.717) is 60.6 Å². The number of carbonyl (C=O) groups excluding carboxylic acids is 1. The van der Waals surface area contributed by atoms with Crippen molar-refractivity contribution in [2.75, 3.05) is 19.7 Å². The Labute approximate surface area is 278 Å². The number of nitrogens with zero attached hydrogens (tertiary/aromatic N) is 1. The Morgan fingerprint density at radius 3 is 2.33 bits per heavy atom. The minimum Gasteiger partial charge on any atom is -0.390 e. The second-order valence-corrected chi connectivity index (χ2v) is 20.1. The minimum absolute atomic E-state index is 0.00176. The third kappa shape index (κ3) is 4.56. The van der Waals surface area contributed by atoms with E-state index in [4.69, 9.17) is 14.2 Å². The number of rotatable bonds is 4. The SMILES string of the molecule is C[C@@H]1CC(CC(C)(C)O)OC2[C@H]1[C@@]1(C)CCC34C[C@@]35CC[C@H](O[C@H]3CN(C(=O)C(C)(C)C)CCO3)C(C)(C)[C@@H]5CCC4[C@]1(C)[C@H]2O. The van der Waals surface area contributed by atoms with Gasteiger partial charge in [0.1, 0.15) is 0 Å². The topological polar surface area (TPSA) is 88.5 Å². The summed E-state index contributed by atoms with van der Waals surface area (Å²) in [5.74, 6) is 2.09. The Bertz CT molecular complexity index is 1220. The molecular weight excluding hydrogens is 578 g/mol. The highest BCUT2D eigenvalue weighted by Gasteiger charge is 2.84. The molecule has 4 unspecified atom stereocenters. The molecule has 0 aromatic rings. The van der Waals surface area contributed by atoms with Crippen LogP contribution < -0.4 is 0 Å². The number of hydrogen-bond acceptors (Lipinski definition) is 6. The third-order valence-electron chi connectivity index (χ3n) is 15.8. The summed E-state index contributed by atoms with van der Waals surface area (Å²) in [6, 6.07) is 0. The van der Waals surface area contributed by atoms with Gasteiger partial charge >= 0.3 is 0 Å². The molecule has 7 fully saturated rings. The molecule has 5 saturated carbocycles. The molecule has 2 aliphatic heterocycles. The molecule has 1 amide bonds. The van der Waals surface area contributed by atoms with Crippen LogP contribution in [0.25, 0.3) is 0 Å². The average Bonchev–Trinajstić information content (AvgIpc) is 3.58. The van der Waals surface area contributed by atoms with Gasteiger partial charge in [-0.25, -0.2) is 0 Å². The van der Waals surface area contributed by atoms with Gasteiger partial charge in [0.25, 0.3) is 0 Å². The van der Waals surface area contributed by atoms with Gasteiger partial charge < -0.3 is 29.3 Å². The van der Waals surface area contributed by atoms with Crippen LogP contribution in [0, 0.1) is 56.2 Å². The van der Waals surface area contributed by atoms with Crippen molar-refractivity contribution in [3.63, 3.8) is 0 Å². The van der Waals surface area contributed by atoms with Crippen molar-refractivity contribution in [3.8, 4) is 0 Å². The summed E-state index contributed by atoms with van der Waals surface area (Å²) in [7, 11) is 0. The molecule has 0 radical (unpaired) electrons. The first-order chi connectivity index (χ1) is 21.2. The van der Waals surface area contributed by atoms with E-state index in [1.807, 2.05) is 39.5 Å². The molecule has 2 saturated heterocycles. The number of carbonyl (C=O) groups is 1. The van der Waals surface area contributed by atoms with Gasteiger partial charge in [0, 0.05) is 23.8 Å². The summed E-state index contributed by atoms with van der Waals surface area (Å²) in [5, 5.41) is 23.0. The highest BCUT2D eigenvalue weighted by atomic mass is 16.7.